The van der Waals surface area contributed by atoms with Crippen LogP contribution in [0.1, 0.15) is 6.92 Å². The van der Waals surface area contributed by atoms with Crippen LogP contribution in [0, 0.1) is 0 Å². The van der Waals surface area contributed by atoms with Gasteiger partial charge in [-0.2, -0.15) is 0 Å². The van der Waals surface area contributed by atoms with Crippen molar-refractivity contribution in [3.05, 3.63) is 0 Å². The molecular weight excluding hydrogens is 140 g/mol. The lowest BCUT2D eigenvalue weighted by Gasteiger charge is -2.21. The summed E-state index contributed by atoms with van der Waals surface area (Å²) in [5.74, 6) is 0. The average molecular weight is 160 g/mol. The zero-order valence-electron chi connectivity index (χ0n) is 7.49. The van der Waals surface area contributed by atoms with E-state index in [4.69, 9.17) is 0 Å². The molecule has 0 fully saturated rings. The smallest absolute Gasteiger partial charge is 0.0442 e. The van der Waals surface area contributed by atoms with E-state index in [1.165, 1.54) is 6.04 Å². The summed E-state index contributed by atoms with van der Waals surface area (Å²) in [5, 5.41) is 0. The van der Waals surface area contributed by atoms with Crippen molar-refractivity contribution in [3.8, 4) is 0 Å². The fourth-order valence-electron chi connectivity index (χ4n) is 1.25. The van der Waals surface area contributed by atoms with E-state index in [2.05, 4.69) is 33.1 Å². The molecule has 0 aromatic heterocycles. The standard InChI is InChI=1S/C7H20Si2/c1-6-9(4,5)7-8(2)3/h8H,6-7H2,1-5H3. The van der Waals surface area contributed by atoms with Gasteiger partial charge in [0.25, 0.3) is 0 Å². The van der Waals surface area contributed by atoms with E-state index in [1.54, 1.807) is 5.67 Å². The molecule has 0 radical (unpaired) electrons. The molecule has 0 spiro atoms. The third-order valence-electron chi connectivity index (χ3n) is 1.92. The maximum Gasteiger partial charge on any atom is 0.0442 e. The van der Waals surface area contributed by atoms with Crippen molar-refractivity contribution in [1.29, 1.82) is 0 Å². The molecule has 0 nitrogen and oxygen atoms in total. The highest BCUT2D eigenvalue weighted by atomic mass is 28.4. The molecule has 9 heavy (non-hydrogen) atoms. The summed E-state index contributed by atoms with van der Waals surface area (Å²) < 4.78 is 0. The first-order chi connectivity index (χ1) is 3.98. The van der Waals surface area contributed by atoms with Crippen LogP contribution in [0.2, 0.25) is 37.9 Å². The molecule has 0 aliphatic carbocycles. The summed E-state index contributed by atoms with van der Waals surface area (Å²) in [4.78, 5) is 0. The van der Waals surface area contributed by atoms with Crippen LogP contribution < -0.4 is 0 Å². The fraction of sp³-hybridized carbons (Fsp3) is 1.00. The van der Waals surface area contributed by atoms with Gasteiger partial charge < -0.3 is 0 Å². The monoisotopic (exact) mass is 160 g/mol. The van der Waals surface area contributed by atoms with Gasteiger partial charge in [0.2, 0.25) is 0 Å². The minimum absolute atomic E-state index is 0.251. The van der Waals surface area contributed by atoms with Crippen molar-refractivity contribution in [2.75, 3.05) is 0 Å². The highest BCUT2D eigenvalue weighted by Gasteiger charge is 2.18. The molecule has 0 unspecified atom stereocenters. The van der Waals surface area contributed by atoms with Crippen molar-refractivity contribution in [3.63, 3.8) is 0 Å². The molecule has 0 rings (SSSR count). The van der Waals surface area contributed by atoms with Gasteiger partial charge in [-0.3, -0.25) is 0 Å². The van der Waals surface area contributed by atoms with Crippen LogP contribution in [0.3, 0.4) is 0 Å². The molecule has 0 aliphatic rings. The Morgan fingerprint density at radius 2 is 1.67 bits per heavy atom. The van der Waals surface area contributed by atoms with E-state index >= 15 is 0 Å². The Kier molecular flexibility index (Phi) is 3.74. The van der Waals surface area contributed by atoms with Crippen LogP contribution in [0.4, 0.5) is 0 Å². The second-order valence-electron chi connectivity index (χ2n) is 4.12. The van der Waals surface area contributed by atoms with E-state index < -0.39 is 8.07 Å². The second kappa shape index (κ2) is 3.57. The lowest BCUT2D eigenvalue weighted by molar-refractivity contribution is 1.33. The molecule has 0 N–H and O–H groups in total. The molecule has 0 bridgehead atoms. The molecule has 0 heterocycles. The van der Waals surface area contributed by atoms with Gasteiger partial charge in [-0.25, -0.2) is 0 Å². The Balaban J connectivity index is 3.58. The first-order valence-electron chi connectivity index (χ1n) is 3.98. The highest BCUT2D eigenvalue weighted by molar-refractivity contribution is 6.87. The summed E-state index contributed by atoms with van der Waals surface area (Å²) in [6.07, 6.45) is 0. The molecular formula is C7H20Si2. The van der Waals surface area contributed by atoms with E-state index in [-0.39, 0.29) is 8.80 Å². The van der Waals surface area contributed by atoms with E-state index in [1.807, 2.05) is 0 Å². The molecule has 0 aliphatic heterocycles. The minimum atomic E-state index is -0.679. The van der Waals surface area contributed by atoms with Crippen LogP contribution in [-0.4, -0.2) is 16.9 Å². The largest absolute Gasteiger partial charge is 0.0724 e. The van der Waals surface area contributed by atoms with Gasteiger partial charge in [0, 0.05) is 16.9 Å². The van der Waals surface area contributed by atoms with Gasteiger partial charge in [0.05, 0.1) is 0 Å². The molecule has 0 aromatic rings. The third-order valence-corrected chi connectivity index (χ3v) is 11.5. The summed E-state index contributed by atoms with van der Waals surface area (Å²) in [5.41, 5.74) is 1.63. The first kappa shape index (κ1) is 9.43. The summed E-state index contributed by atoms with van der Waals surface area (Å²) >= 11 is 0. The summed E-state index contributed by atoms with van der Waals surface area (Å²) in [6, 6.07) is 1.47. The highest BCUT2D eigenvalue weighted by Crippen LogP contribution is 2.15. The van der Waals surface area contributed by atoms with Crippen molar-refractivity contribution in [2.45, 2.75) is 44.8 Å². The summed E-state index contributed by atoms with van der Waals surface area (Å²) in [6.45, 7) is 12.3. The lowest BCUT2D eigenvalue weighted by Crippen LogP contribution is -2.28. The van der Waals surface area contributed by atoms with Gasteiger partial charge in [-0.05, 0) is 0 Å². The molecule has 0 aromatic carbocycles. The maximum absolute atomic E-state index is 2.51. The second-order valence-corrected chi connectivity index (χ2v) is 13.6. The Morgan fingerprint density at radius 3 is 1.78 bits per heavy atom. The quantitative estimate of drug-likeness (QED) is 0.557. The number of rotatable bonds is 3. The zero-order chi connectivity index (χ0) is 7.49. The van der Waals surface area contributed by atoms with Gasteiger partial charge in [-0.1, -0.05) is 44.8 Å². The van der Waals surface area contributed by atoms with E-state index in [9.17, 15) is 0 Å². The Hall–Kier alpha value is 0.434. The molecule has 0 saturated heterocycles. The van der Waals surface area contributed by atoms with Crippen molar-refractivity contribution < 1.29 is 0 Å². The molecule has 0 amide bonds. The minimum Gasteiger partial charge on any atom is -0.0724 e. The normalized spacial score (nSPS) is 12.7. The number of hydrogen-bond donors (Lipinski definition) is 0. The first-order valence-corrected chi connectivity index (χ1v) is 10.5. The Morgan fingerprint density at radius 1 is 1.22 bits per heavy atom. The third kappa shape index (κ3) is 4.91. The van der Waals surface area contributed by atoms with Crippen LogP contribution in [0.5, 0.6) is 0 Å². The molecule has 0 atom stereocenters. The fourth-order valence-corrected chi connectivity index (χ4v) is 11.2. The van der Waals surface area contributed by atoms with Gasteiger partial charge >= 0.3 is 0 Å². The lowest BCUT2D eigenvalue weighted by atomic mass is 11.0. The van der Waals surface area contributed by atoms with Crippen molar-refractivity contribution in [2.24, 2.45) is 0 Å². The molecule has 2 heteroatoms. The Bertz CT molecular complexity index is 77.0. The van der Waals surface area contributed by atoms with E-state index in [0.717, 1.165) is 0 Å². The maximum atomic E-state index is 2.51. The molecule has 56 valence electrons. The van der Waals surface area contributed by atoms with Gasteiger partial charge in [0.1, 0.15) is 0 Å². The van der Waals surface area contributed by atoms with Gasteiger partial charge in [0.15, 0.2) is 0 Å². The SMILES string of the molecule is CC[Si](C)(C)C[SiH](C)C. The van der Waals surface area contributed by atoms with Crippen LogP contribution in [0.25, 0.3) is 0 Å². The van der Waals surface area contributed by atoms with Crippen LogP contribution >= 0.6 is 0 Å². The van der Waals surface area contributed by atoms with Crippen LogP contribution in [-0.2, 0) is 0 Å². The predicted molar refractivity (Wildman–Crippen MR) is 51.6 cm³/mol. The predicted octanol–water partition coefficient (Wildman–Crippen LogP) is 2.74. The van der Waals surface area contributed by atoms with Crippen LogP contribution in [0.15, 0.2) is 0 Å². The number of hydrogen-bond acceptors (Lipinski definition) is 0. The average Bonchev–Trinajstić information content (AvgIpc) is 1.63. The van der Waals surface area contributed by atoms with E-state index in [0.29, 0.717) is 0 Å². The van der Waals surface area contributed by atoms with Crippen molar-refractivity contribution >= 4 is 16.9 Å². The Labute approximate surface area is 62.3 Å². The molecule has 0 saturated carbocycles. The zero-order valence-corrected chi connectivity index (χ0v) is 9.65. The summed E-state index contributed by atoms with van der Waals surface area (Å²) in [7, 11) is -0.930. The van der Waals surface area contributed by atoms with Crippen molar-refractivity contribution in [1.82, 2.24) is 0 Å². The van der Waals surface area contributed by atoms with Gasteiger partial charge in [-0.15, -0.1) is 0 Å². The topological polar surface area (TPSA) is 0 Å².